The number of piperidine rings is 1. The molecule has 4 rings (SSSR count). The van der Waals surface area contributed by atoms with Crippen LogP contribution in [-0.2, 0) is 21.4 Å². The van der Waals surface area contributed by atoms with Crippen molar-refractivity contribution in [3.05, 3.63) is 63.9 Å². The van der Waals surface area contributed by atoms with Crippen molar-refractivity contribution in [3.63, 3.8) is 0 Å². The van der Waals surface area contributed by atoms with E-state index < -0.39 is 27.8 Å². The minimum Gasteiger partial charge on any atom is -0.350 e. The molecule has 12 heteroatoms. The molecule has 3 aromatic rings. The third-order valence-corrected chi connectivity index (χ3v) is 7.34. The Morgan fingerprint density at radius 1 is 1.27 bits per heavy atom. The van der Waals surface area contributed by atoms with Gasteiger partial charge in [-0.1, -0.05) is 19.1 Å². The smallest absolute Gasteiger partial charge is 0.282 e. The number of hydrogen-bond acceptors (Lipinski definition) is 8. The Hall–Kier alpha value is -3.12. The van der Waals surface area contributed by atoms with E-state index in [-0.39, 0.29) is 43.0 Å². The summed E-state index contributed by atoms with van der Waals surface area (Å²) in [6.45, 7) is 2.01. The minimum absolute atomic E-state index is 0.0308. The van der Waals surface area contributed by atoms with E-state index in [0.29, 0.717) is 5.56 Å². The number of aromatic nitrogens is 3. The summed E-state index contributed by atoms with van der Waals surface area (Å²) in [7, 11) is -3.73. The molecule has 0 radical (unpaired) electrons. The number of halogens is 1. The first-order valence-electron chi connectivity index (χ1n) is 10.2. The van der Waals surface area contributed by atoms with Crippen molar-refractivity contribution in [3.8, 4) is 0 Å². The molecule has 2 unspecified atom stereocenters. The predicted molar refractivity (Wildman–Crippen MR) is 121 cm³/mol. The van der Waals surface area contributed by atoms with E-state index >= 15 is 0 Å². The number of nitrogens with one attached hydrogen (secondary N) is 1. The number of hydrogen-bond donors (Lipinski definition) is 1. The summed E-state index contributed by atoms with van der Waals surface area (Å²) < 4.78 is 39.3. The van der Waals surface area contributed by atoms with Crippen LogP contribution in [0.2, 0.25) is 0 Å². The van der Waals surface area contributed by atoms with Crippen LogP contribution in [0.25, 0.3) is 0 Å². The summed E-state index contributed by atoms with van der Waals surface area (Å²) in [6, 6.07) is 7.58. The topological polar surface area (TPSA) is 114 Å². The highest BCUT2D eigenvalue weighted by Gasteiger charge is 2.39. The molecule has 1 fully saturated rings. The molecule has 33 heavy (non-hydrogen) atoms. The highest BCUT2D eigenvalue weighted by Crippen LogP contribution is 2.33. The van der Waals surface area contributed by atoms with Crippen LogP contribution in [0.3, 0.4) is 0 Å². The van der Waals surface area contributed by atoms with Crippen LogP contribution in [0.1, 0.15) is 41.0 Å². The summed E-state index contributed by atoms with van der Waals surface area (Å²) in [5, 5.41) is 10.9. The molecule has 3 heterocycles. The number of anilines is 1. The van der Waals surface area contributed by atoms with Gasteiger partial charge < -0.3 is 5.32 Å². The molecule has 1 aliphatic heterocycles. The third-order valence-electron chi connectivity index (χ3n) is 5.50. The van der Waals surface area contributed by atoms with Crippen LogP contribution < -0.4 is 5.32 Å². The van der Waals surface area contributed by atoms with Crippen molar-refractivity contribution < 1.29 is 22.4 Å². The van der Waals surface area contributed by atoms with E-state index in [4.69, 9.17) is 0 Å². The monoisotopic (exact) mass is 491 g/mol. The maximum atomic E-state index is 13.2. The maximum Gasteiger partial charge on any atom is 0.282 e. The third kappa shape index (κ3) is 4.96. The van der Waals surface area contributed by atoms with Gasteiger partial charge in [-0.25, -0.2) is 17.1 Å². The fraction of sp³-hybridized carbons (Fsp3) is 0.333. The number of carbonyl (C=O) groups is 2. The second-order valence-electron chi connectivity index (χ2n) is 7.98. The van der Waals surface area contributed by atoms with Gasteiger partial charge in [0, 0.05) is 30.8 Å². The maximum absolute atomic E-state index is 13.2. The first-order valence-corrected chi connectivity index (χ1v) is 13.0. The van der Waals surface area contributed by atoms with Gasteiger partial charge in [-0.15, -0.1) is 5.10 Å². The number of thiophene rings is 1. The molecule has 1 aliphatic rings. The van der Waals surface area contributed by atoms with Gasteiger partial charge in [0.25, 0.3) is 5.91 Å². The van der Waals surface area contributed by atoms with Crippen LogP contribution >= 0.6 is 11.3 Å². The van der Waals surface area contributed by atoms with E-state index in [1.807, 2.05) is 6.92 Å². The molecule has 174 valence electrons. The lowest BCUT2D eigenvalue weighted by Crippen LogP contribution is -2.45. The zero-order chi connectivity index (χ0) is 23.8. The zero-order valence-corrected chi connectivity index (χ0v) is 19.6. The highest BCUT2D eigenvalue weighted by molar-refractivity contribution is 7.88. The molecule has 1 saturated heterocycles. The lowest BCUT2D eigenvalue weighted by atomic mass is 9.87. The van der Waals surface area contributed by atoms with Crippen molar-refractivity contribution in [1.82, 2.24) is 19.1 Å². The van der Waals surface area contributed by atoms with Crippen molar-refractivity contribution in [2.75, 3.05) is 18.1 Å². The molecule has 0 bridgehead atoms. The molecule has 0 saturated carbocycles. The zero-order valence-electron chi connectivity index (χ0n) is 17.9. The average Bonchev–Trinajstić information content (AvgIpc) is 3.42. The van der Waals surface area contributed by atoms with Crippen LogP contribution in [-0.4, -0.2) is 52.1 Å². The molecule has 0 spiro atoms. The normalized spacial score (nSPS) is 19.0. The summed E-state index contributed by atoms with van der Waals surface area (Å²) in [5.41, 5.74) is 1.21. The van der Waals surface area contributed by atoms with Crippen LogP contribution in [0.4, 0.5) is 10.3 Å². The van der Waals surface area contributed by atoms with Crippen molar-refractivity contribution in [2.24, 2.45) is 5.92 Å². The minimum atomic E-state index is -3.73. The summed E-state index contributed by atoms with van der Waals surface area (Å²) in [6.07, 6.45) is 1.02. The fourth-order valence-electron chi connectivity index (χ4n) is 3.67. The molecule has 9 nitrogen and oxygen atoms in total. The van der Waals surface area contributed by atoms with E-state index in [9.17, 15) is 22.4 Å². The van der Waals surface area contributed by atoms with E-state index in [0.717, 1.165) is 20.8 Å². The van der Waals surface area contributed by atoms with Gasteiger partial charge in [-0.2, -0.15) is 21.0 Å². The van der Waals surface area contributed by atoms with Crippen molar-refractivity contribution in [2.45, 2.75) is 25.8 Å². The van der Waals surface area contributed by atoms with Crippen molar-refractivity contribution >= 4 is 39.1 Å². The SMILES string of the molecule is CC1CC(=O)N(S(C)(=O)=O)CC1c1nc(NCc2ccc(F)cc2)n(C(=O)c2ccsc2)n1. The predicted octanol–water partition coefficient (Wildman–Crippen LogP) is 2.69. The van der Waals surface area contributed by atoms with Gasteiger partial charge in [0.1, 0.15) is 5.82 Å². The molecule has 1 N–H and O–H groups in total. The van der Waals surface area contributed by atoms with E-state index in [1.165, 1.54) is 23.5 Å². The quantitative estimate of drug-likeness (QED) is 0.564. The Morgan fingerprint density at radius 3 is 2.64 bits per heavy atom. The number of sulfonamides is 1. The van der Waals surface area contributed by atoms with Gasteiger partial charge in [-0.05, 0) is 35.1 Å². The molecule has 2 atom stereocenters. The van der Waals surface area contributed by atoms with Crippen molar-refractivity contribution in [1.29, 1.82) is 0 Å². The van der Waals surface area contributed by atoms with Crippen LogP contribution in [0.15, 0.2) is 41.1 Å². The summed E-state index contributed by atoms with van der Waals surface area (Å²) in [4.78, 5) is 29.8. The Labute approximate surface area is 194 Å². The van der Waals surface area contributed by atoms with Gasteiger partial charge in [0.2, 0.25) is 21.9 Å². The Bertz CT molecular complexity index is 1270. The largest absolute Gasteiger partial charge is 0.350 e. The van der Waals surface area contributed by atoms with Gasteiger partial charge in [0.05, 0.1) is 11.8 Å². The molecular weight excluding hydrogens is 469 g/mol. The second-order valence-corrected chi connectivity index (χ2v) is 10.7. The fourth-order valence-corrected chi connectivity index (χ4v) is 5.17. The number of carbonyl (C=O) groups excluding carboxylic acids is 2. The summed E-state index contributed by atoms with van der Waals surface area (Å²) >= 11 is 1.37. The Kier molecular flexibility index (Phi) is 6.30. The lowest BCUT2D eigenvalue weighted by molar-refractivity contribution is -0.130. The number of rotatable bonds is 6. The molecule has 0 aliphatic carbocycles. The Balaban J connectivity index is 1.67. The van der Waals surface area contributed by atoms with Gasteiger partial charge >= 0.3 is 0 Å². The van der Waals surface area contributed by atoms with E-state index in [1.54, 1.807) is 29.0 Å². The number of amides is 1. The summed E-state index contributed by atoms with van der Waals surface area (Å²) in [5.74, 6) is -1.45. The number of nitrogens with zero attached hydrogens (tertiary/aromatic N) is 4. The molecule has 1 aromatic carbocycles. The van der Waals surface area contributed by atoms with Crippen LogP contribution in [0.5, 0.6) is 0 Å². The van der Waals surface area contributed by atoms with Crippen LogP contribution in [0, 0.1) is 11.7 Å². The highest BCUT2D eigenvalue weighted by atomic mass is 32.2. The average molecular weight is 492 g/mol. The molecular formula is C21H22FN5O4S2. The van der Waals surface area contributed by atoms with Gasteiger partial charge in [-0.3, -0.25) is 9.59 Å². The van der Waals surface area contributed by atoms with Gasteiger partial charge in [0.15, 0.2) is 5.82 Å². The first kappa shape index (κ1) is 23.1. The number of benzene rings is 1. The van der Waals surface area contributed by atoms with E-state index in [2.05, 4.69) is 15.4 Å². The molecule has 2 aromatic heterocycles. The first-order chi connectivity index (χ1) is 15.6. The second kappa shape index (κ2) is 9.02. The Morgan fingerprint density at radius 2 is 2.00 bits per heavy atom. The standard InChI is InChI=1S/C21H22FN5O4S2/c1-13-9-18(28)26(33(2,30)31)11-17(13)19-24-21(23-10-14-3-5-16(22)6-4-14)27(25-19)20(29)15-7-8-32-12-15/h3-8,12-13,17H,9-11H2,1-2H3,(H,23,24,25). The lowest BCUT2D eigenvalue weighted by Gasteiger charge is -2.33. The molecule has 1 amide bonds.